The first kappa shape index (κ1) is 8.53. The lowest BCUT2D eigenvalue weighted by molar-refractivity contribution is 0.118. The number of phenols is 1. The number of hydrogen-bond acceptors (Lipinski definition) is 3. The lowest BCUT2D eigenvalue weighted by atomic mass is 9.88. The molecule has 2 rings (SSSR count). The summed E-state index contributed by atoms with van der Waals surface area (Å²) in [5.41, 5.74) is 4.46. The van der Waals surface area contributed by atoms with Crippen LogP contribution >= 0.6 is 0 Å². The number of hydroxylamine groups is 1. The molecule has 0 aliphatic heterocycles. The number of benzene rings is 1. The predicted molar refractivity (Wildman–Crippen MR) is 48.8 cm³/mol. The first-order valence-corrected chi connectivity index (χ1v) is 4.50. The van der Waals surface area contributed by atoms with Crippen molar-refractivity contribution in [1.29, 1.82) is 0 Å². The quantitative estimate of drug-likeness (QED) is 0.568. The molecule has 0 fully saturated rings. The van der Waals surface area contributed by atoms with Gasteiger partial charge in [0.2, 0.25) is 0 Å². The molecule has 0 heterocycles. The number of rotatable bonds is 1. The van der Waals surface area contributed by atoms with Crippen molar-refractivity contribution < 1.29 is 10.3 Å². The van der Waals surface area contributed by atoms with Crippen LogP contribution in [0.4, 0.5) is 0 Å². The Hall–Kier alpha value is -1.06. The van der Waals surface area contributed by atoms with Gasteiger partial charge in [-0.3, -0.25) is 0 Å². The van der Waals surface area contributed by atoms with Gasteiger partial charge in [0.25, 0.3) is 0 Å². The summed E-state index contributed by atoms with van der Waals surface area (Å²) in [6.07, 6.45) is 2.50. The Kier molecular flexibility index (Phi) is 2.20. The zero-order valence-electron chi connectivity index (χ0n) is 7.33. The van der Waals surface area contributed by atoms with Crippen molar-refractivity contribution in [2.75, 3.05) is 0 Å². The summed E-state index contributed by atoms with van der Waals surface area (Å²) in [5, 5.41) is 18.3. The third-order valence-corrected chi connectivity index (χ3v) is 2.64. The fraction of sp³-hybridized carbons (Fsp3) is 0.400. The number of fused-ring (bicyclic) bond motifs is 1. The third-order valence-electron chi connectivity index (χ3n) is 2.64. The smallest absolute Gasteiger partial charge is 0.119 e. The molecule has 0 aromatic heterocycles. The van der Waals surface area contributed by atoms with E-state index >= 15 is 0 Å². The zero-order chi connectivity index (χ0) is 9.26. The molecule has 3 heteroatoms. The minimum atomic E-state index is 0.134. The molecule has 0 bridgehead atoms. The van der Waals surface area contributed by atoms with E-state index in [-0.39, 0.29) is 6.04 Å². The molecule has 0 saturated heterocycles. The molecule has 0 spiro atoms. The van der Waals surface area contributed by atoms with Crippen molar-refractivity contribution >= 4 is 0 Å². The van der Waals surface area contributed by atoms with Gasteiger partial charge in [0, 0.05) is 6.04 Å². The average Bonchev–Trinajstić information content (AvgIpc) is 2.18. The summed E-state index contributed by atoms with van der Waals surface area (Å²) in [6, 6.07) is 5.69. The van der Waals surface area contributed by atoms with Crippen LogP contribution in [0.2, 0.25) is 0 Å². The first-order chi connectivity index (χ1) is 6.31. The van der Waals surface area contributed by atoms with Crippen molar-refractivity contribution in [2.45, 2.75) is 25.3 Å². The van der Waals surface area contributed by atoms with Crippen LogP contribution in [0.3, 0.4) is 0 Å². The molecule has 13 heavy (non-hydrogen) atoms. The van der Waals surface area contributed by atoms with Gasteiger partial charge in [0.15, 0.2) is 0 Å². The van der Waals surface area contributed by atoms with Crippen LogP contribution in [0.1, 0.15) is 17.5 Å². The Morgan fingerprint density at radius 1 is 1.38 bits per heavy atom. The van der Waals surface area contributed by atoms with E-state index in [1.807, 2.05) is 12.1 Å². The highest BCUT2D eigenvalue weighted by Crippen LogP contribution is 2.28. The van der Waals surface area contributed by atoms with Gasteiger partial charge in [-0.2, -0.15) is 0 Å². The van der Waals surface area contributed by atoms with Crippen LogP contribution < -0.4 is 5.48 Å². The van der Waals surface area contributed by atoms with Crippen LogP contribution in [0.5, 0.6) is 5.75 Å². The van der Waals surface area contributed by atoms with E-state index in [0.717, 1.165) is 30.4 Å². The fourth-order valence-electron chi connectivity index (χ4n) is 1.90. The largest absolute Gasteiger partial charge is 0.508 e. The maximum atomic E-state index is 9.53. The Balaban J connectivity index is 2.31. The lowest BCUT2D eigenvalue weighted by Gasteiger charge is -2.23. The van der Waals surface area contributed by atoms with Gasteiger partial charge in [-0.1, -0.05) is 12.1 Å². The van der Waals surface area contributed by atoms with Gasteiger partial charge in [0.1, 0.15) is 5.75 Å². The van der Waals surface area contributed by atoms with Crippen molar-refractivity contribution in [3.63, 3.8) is 0 Å². The highest BCUT2D eigenvalue weighted by molar-refractivity contribution is 5.41. The zero-order valence-corrected chi connectivity index (χ0v) is 7.33. The summed E-state index contributed by atoms with van der Waals surface area (Å²) < 4.78 is 0. The van der Waals surface area contributed by atoms with Gasteiger partial charge < -0.3 is 10.3 Å². The summed E-state index contributed by atoms with van der Waals surface area (Å²) in [4.78, 5) is 0. The molecule has 0 saturated carbocycles. The van der Waals surface area contributed by atoms with E-state index in [0.29, 0.717) is 5.75 Å². The Labute approximate surface area is 77.0 Å². The van der Waals surface area contributed by atoms with Crippen LogP contribution in [-0.4, -0.2) is 16.4 Å². The number of aromatic hydroxyl groups is 1. The van der Waals surface area contributed by atoms with Gasteiger partial charge in [-0.25, -0.2) is 5.48 Å². The van der Waals surface area contributed by atoms with Crippen molar-refractivity contribution in [1.82, 2.24) is 5.48 Å². The molecule has 3 N–H and O–H groups in total. The maximum Gasteiger partial charge on any atom is 0.119 e. The topological polar surface area (TPSA) is 52.5 Å². The Bertz CT molecular complexity index is 312. The molecule has 1 aliphatic carbocycles. The second-order valence-corrected chi connectivity index (χ2v) is 3.48. The van der Waals surface area contributed by atoms with Crippen molar-refractivity contribution in [3.05, 3.63) is 29.3 Å². The second-order valence-electron chi connectivity index (χ2n) is 3.48. The maximum absolute atomic E-state index is 9.53. The minimum absolute atomic E-state index is 0.134. The van der Waals surface area contributed by atoms with Crippen molar-refractivity contribution in [2.24, 2.45) is 0 Å². The molecular formula is C10H13NO2. The summed E-state index contributed by atoms with van der Waals surface area (Å²) in [6.45, 7) is 0. The van der Waals surface area contributed by atoms with E-state index in [1.165, 1.54) is 0 Å². The van der Waals surface area contributed by atoms with Crippen LogP contribution in [-0.2, 0) is 12.8 Å². The van der Waals surface area contributed by atoms with Gasteiger partial charge >= 0.3 is 0 Å². The first-order valence-electron chi connectivity index (χ1n) is 4.50. The standard InChI is InChI=1S/C10H13NO2/c12-10-3-1-2-7-6-8(11-13)4-5-9(7)10/h1-3,8,11-13H,4-6H2. The summed E-state index contributed by atoms with van der Waals surface area (Å²) >= 11 is 0. The monoisotopic (exact) mass is 179 g/mol. The molecule has 70 valence electrons. The fourth-order valence-corrected chi connectivity index (χ4v) is 1.90. The van der Waals surface area contributed by atoms with E-state index < -0.39 is 0 Å². The summed E-state index contributed by atoms with van der Waals surface area (Å²) in [5.74, 6) is 0.383. The van der Waals surface area contributed by atoms with E-state index in [1.54, 1.807) is 6.07 Å². The highest BCUT2D eigenvalue weighted by Gasteiger charge is 2.19. The number of nitrogens with one attached hydrogen (secondary N) is 1. The second kappa shape index (κ2) is 3.36. The van der Waals surface area contributed by atoms with Gasteiger partial charge in [0.05, 0.1) is 0 Å². The molecule has 1 unspecified atom stereocenters. The Morgan fingerprint density at radius 3 is 3.00 bits per heavy atom. The van der Waals surface area contributed by atoms with Crippen LogP contribution in [0, 0.1) is 0 Å². The molecule has 1 aromatic carbocycles. The van der Waals surface area contributed by atoms with E-state index in [2.05, 4.69) is 5.48 Å². The van der Waals surface area contributed by atoms with E-state index in [4.69, 9.17) is 5.21 Å². The molecule has 0 radical (unpaired) electrons. The third kappa shape index (κ3) is 1.53. The molecule has 0 amide bonds. The Morgan fingerprint density at radius 2 is 2.23 bits per heavy atom. The molecule has 3 nitrogen and oxygen atoms in total. The minimum Gasteiger partial charge on any atom is -0.508 e. The molecule has 1 aromatic rings. The normalized spacial score (nSPS) is 21.2. The molecular weight excluding hydrogens is 166 g/mol. The predicted octanol–water partition coefficient (Wildman–Crippen LogP) is 1.23. The number of hydrogen-bond donors (Lipinski definition) is 3. The van der Waals surface area contributed by atoms with Crippen LogP contribution in [0.25, 0.3) is 0 Å². The molecule has 1 aliphatic rings. The average molecular weight is 179 g/mol. The summed E-state index contributed by atoms with van der Waals surface area (Å²) in [7, 11) is 0. The van der Waals surface area contributed by atoms with E-state index in [9.17, 15) is 5.11 Å². The lowest BCUT2D eigenvalue weighted by Crippen LogP contribution is -2.31. The molecule has 1 atom stereocenters. The number of phenolic OH excluding ortho intramolecular Hbond substituents is 1. The van der Waals surface area contributed by atoms with Gasteiger partial charge in [-0.05, 0) is 36.5 Å². The highest BCUT2D eigenvalue weighted by atomic mass is 16.5. The SMILES string of the molecule is ONC1CCc2c(O)cccc2C1. The van der Waals surface area contributed by atoms with Gasteiger partial charge in [-0.15, -0.1) is 0 Å². The van der Waals surface area contributed by atoms with Crippen molar-refractivity contribution in [3.8, 4) is 5.75 Å². The van der Waals surface area contributed by atoms with Crippen LogP contribution in [0.15, 0.2) is 18.2 Å².